The lowest BCUT2D eigenvalue weighted by molar-refractivity contribution is 0.0985. The Bertz CT molecular complexity index is 553. The van der Waals surface area contributed by atoms with Gasteiger partial charge in [0.1, 0.15) is 0 Å². The van der Waals surface area contributed by atoms with Gasteiger partial charge in [-0.25, -0.2) is 4.79 Å². The Morgan fingerprint density at radius 1 is 1.27 bits per heavy atom. The van der Waals surface area contributed by atoms with Crippen molar-refractivity contribution in [2.45, 2.75) is 6.42 Å². The van der Waals surface area contributed by atoms with E-state index < -0.39 is 0 Å². The van der Waals surface area contributed by atoms with Gasteiger partial charge >= 0.3 is 5.69 Å². The number of ketones is 1. The Kier molecular flexibility index (Phi) is 2.39. The average molecular weight is 205 g/mol. The summed E-state index contributed by atoms with van der Waals surface area (Å²) in [7, 11) is 0. The van der Waals surface area contributed by atoms with Crippen LogP contribution < -0.4 is 11.4 Å². The summed E-state index contributed by atoms with van der Waals surface area (Å²) in [5.41, 5.74) is 6.94. The third kappa shape index (κ3) is 1.82. The van der Waals surface area contributed by atoms with Crippen molar-refractivity contribution in [2.24, 2.45) is 5.73 Å². The zero-order chi connectivity index (χ0) is 10.8. The monoisotopic (exact) mass is 205 g/mol. The first-order chi connectivity index (χ1) is 7.20. The Labute approximate surface area is 85.3 Å². The minimum absolute atomic E-state index is 0.0125. The van der Waals surface area contributed by atoms with E-state index in [-0.39, 0.29) is 11.5 Å². The molecule has 0 bridgehead atoms. The van der Waals surface area contributed by atoms with Crippen LogP contribution in [0.1, 0.15) is 16.8 Å². The quantitative estimate of drug-likeness (QED) is 0.633. The topological polar surface area (TPSA) is 91.7 Å². The molecule has 4 N–H and O–H groups in total. The van der Waals surface area contributed by atoms with E-state index in [1.165, 1.54) is 0 Å². The van der Waals surface area contributed by atoms with Crippen LogP contribution >= 0.6 is 0 Å². The fourth-order valence-corrected chi connectivity index (χ4v) is 1.48. The molecule has 0 saturated heterocycles. The van der Waals surface area contributed by atoms with E-state index in [9.17, 15) is 9.59 Å². The van der Waals surface area contributed by atoms with E-state index in [0.29, 0.717) is 29.6 Å². The number of rotatable bonds is 3. The number of nitrogens with two attached hydrogens (primary N) is 1. The number of carbonyl (C=O) groups excluding carboxylic acids is 1. The van der Waals surface area contributed by atoms with E-state index >= 15 is 0 Å². The highest BCUT2D eigenvalue weighted by atomic mass is 16.1. The number of fused-ring (bicyclic) bond motifs is 1. The molecule has 0 radical (unpaired) electrons. The summed E-state index contributed by atoms with van der Waals surface area (Å²) in [4.78, 5) is 27.7. The van der Waals surface area contributed by atoms with Gasteiger partial charge in [0, 0.05) is 12.0 Å². The maximum Gasteiger partial charge on any atom is 0.323 e. The molecular weight excluding hydrogens is 194 g/mol. The predicted molar refractivity (Wildman–Crippen MR) is 56.9 cm³/mol. The van der Waals surface area contributed by atoms with Gasteiger partial charge in [-0.1, -0.05) is 0 Å². The van der Waals surface area contributed by atoms with Crippen LogP contribution in [-0.4, -0.2) is 22.3 Å². The molecule has 0 fully saturated rings. The van der Waals surface area contributed by atoms with Gasteiger partial charge in [0.2, 0.25) is 0 Å². The van der Waals surface area contributed by atoms with Crippen LogP contribution in [-0.2, 0) is 0 Å². The Morgan fingerprint density at radius 2 is 2.00 bits per heavy atom. The molecule has 1 heterocycles. The standard InChI is InChI=1S/C10H11N3O2/c11-4-3-9(14)6-1-2-7-8(5-6)13-10(15)12-7/h1-2,5H,3-4,11H2,(H2,12,13,15). The number of nitrogens with one attached hydrogen (secondary N) is 2. The fourth-order valence-electron chi connectivity index (χ4n) is 1.48. The highest BCUT2D eigenvalue weighted by Gasteiger charge is 2.06. The molecule has 5 nitrogen and oxygen atoms in total. The molecule has 0 aliphatic rings. The smallest absolute Gasteiger partial charge is 0.323 e. The zero-order valence-electron chi connectivity index (χ0n) is 8.04. The number of imidazole rings is 1. The van der Waals surface area contributed by atoms with Crippen LogP contribution in [0.5, 0.6) is 0 Å². The van der Waals surface area contributed by atoms with Crippen molar-refractivity contribution in [3.8, 4) is 0 Å². The van der Waals surface area contributed by atoms with Crippen LogP contribution in [0, 0.1) is 0 Å². The van der Waals surface area contributed by atoms with E-state index in [1.807, 2.05) is 0 Å². The molecular formula is C10H11N3O2. The van der Waals surface area contributed by atoms with E-state index in [4.69, 9.17) is 5.73 Å². The minimum atomic E-state index is -0.270. The first-order valence-corrected chi connectivity index (χ1v) is 4.66. The number of aromatic amines is 2. The van der Waals surface area contributed by atoms with Crippen LogP contribution in [0.2, 0.25) is 0 Å². The predicted octanol–water partition coefficient (Wildman–Crippen LogP) is 0.388. The van der Waals surface area contributed by atoms with Crippen molar-refractivity contribution < 1.29 is 4.79 Å². The highest BCUT2D eigenvalue weighted by Crippen LogP contribution is 2.11. The van der Waals surface area contributed by atoms with E-state index in [2.05, 4.69) is 9.97 Å². The molecule has 0 spiro atoms. The minimum Gasteiger partial charge on any atom is -0.330 e. The SMILES string of the molecule is NCCC(=O)c1ccc2[nH]c(=O)[nH]c2c1. The van der Waals surface area contributed by atoms with Gasteiger partial charge in [-0.2, -0.15) is 0 Å². The summed E-state index contributed by atoms with van der Waals surface area (Å²) in [5, 5.41) is 0. The second-order valence-corrected chi connectivity index (χ2v) is 3.30. The molecule has 0 aliphatic heterocycles. The maximum absolute atomic E-state index is 11.5. The number of benzene rings is 1. The van der Waals surface area contributed by atoms with Gasteiger partial charge in [-0.15, -0.1) is 0 Å². The first-order valence-electron chi connectivity index (χ1n) is 4.66. The van der Waals surface area contributed by atoms with Crippen molar-refractivity contribution >= 4 is 16.8 Å². The largest absolute Gasteiger partial charge is 0.330 e. The number of Topliss-reactive ketones (excluding diaryl/α,β-unsaturated/α-hetero) is 1. The summed E-state index contributed by atoms with van der Waals surface area (Å²) in [6.07, 6.45) is 0.320. The summed E-state index contributed by atoms with van der Waals surface area (Å²) < 4.78 is 0. The van der Waals surface area contributed by atoms with Crippen molar-refractivity contribution in [1.82, 2.24) is 9.97 Å². The third-order valence-corrected chi connectivity index (χ3v) is 2.21. The summed E-state index contributed by atoms with van der Waals surface area (Å²) in [6.45, 7) is 0.334. The summed E-state index contributed by atoms with van der Waals surface area (Å²) in [5.74, 6) is -0.0125. The van der Waals surface area contributed by atoms with Gasteiger partial charge in [0.15, 0.2) is 5.78 Å². The highest BCUT2D eigenvalue weighted by molar-refractivity contribution is 5.98. The Morgan fingerprint density at radius 3 is 2.73 bits per heavy atom. The fraction of sp³-hybridized carbons (Fsp3) is 0.200. The number of hydrogen-bond acceptors (Lipinski definition) is 3. The Balaban J connectivity index is 2.46. The van der Waals surface area contributed by atoms with Crippen LogP contribution in [0.15, 0.2) is 23.0 Å². The first kappa shape index (κ1) is 9.67. The molecule has 0 atom stereocenters. The molecule has 0 unspecified atom stereocenters. The molecule has 2 rings (SSSR count). The van der Waals surface area contributed by atoms with Gasteiger partial charge in [0.05, 0.1) is 11.0 Å². The molecule has 78 valence electrons. The van der Waals surface area contributed by atoms with E-state index in [0.717, 1.165) is 0 Å². The van der Waals surface area contributed by atoms with Crippen molar-refractivity contribution in [3.63, 3.8) is 0 Å². The van der Waals surface area contributed by atoms with Crippen LogP contribution in [0.25, 0.3) is 11.0 Å². The lowest BCUT2D eigenvalue weighted by atomic mass is 10.1. The second-order valence-electron chi connectivity index (χ2n) is 3.30. The second kappa shape index (κ2) is 3.70. The van der Waals surface area contributed by atoms with Crippen LogP contribution in [0.4, 0.5) is 0 Å². The van der Waals surface area contributed by atoms with Crippen LogP contribution in [0.3, 0.4) is 0 Å². The normalized spacial score (nSPS) is 10.7. The van der Waals surface area contributed by atoms with Gasteiger partial charge in [-0.3, -0.25) is 4.79 Å². The summed E-state index contributed by atoms with van der Waals surface area (Å²) >= 11 is 0. The van der Waals surface area contributed by atoms with Gasteiger partial charge in [0.25, 0.3) is 0 Å². The molecule has 1 aromatic heterocycles. The van der Waals surface area contributed by atoms with Gasteiger partial charge < -0.3 is 15.7 Å². The van der Waals surface area contributed by atoms with Crippen molar-refractivity contribution in [1.29, 1.82) is 0 Å². The summed E-state index contributed by atoms with van der Waals surface area (Å²) in [6, 6.07) is 5.05. The number of H-pyrrole nitrogens is 2. The maximum atomic E-state index is 11.5. The van der Waals surface area contributed by atoms with Crippen molar-refractivity contribution in [3.05, 3.63) is 34.2 Å². The Hall–Kier alpha value is -1.88. The van der Waals surface area contributed by atoms with Gasteiger partial charge in [-0.05, 0) is 24.7 Å². The molecule has 0 saturated carbocycles. The number of aromatic nitrogens is 2. The number of hydrogen-bond donors (Lipinski definition) is 3. The molecule has 1 aromatic carbocycles. The molecule has 5 heteroatoms. The third-order valence-electron chi connectivity index (χ3n) is 2.21. The van der Waals surface area contributed by atoms with Crippen molar-refractivity contribution in [2.75, 3.05) is 6.54 Å². The molecule has 0 aliphatic carbocycles. The molecule has 2 aromatic rings. The zero-order valence-corrected chi connectivity index (χ0v) is 8.04. The van der Waals surface area contributed by atoms with E-state index in [1.54, 1.807) is 18.2 Å². The number of carbonyl (C=O) groups is 1. The average Bonchev–Trinajstić information content (AvgIpc) is 2.57. The lowest BCUT2D eigenvalue weighted by Gasteiger charge is -1.98. The molecule has 0 amide bonds. The molecule has 15 heavy (non-hydrogen) atoms. The lowest BCUT2D eigenvalue weighted by Crippen LogP contribution is -2.07.